The Bertz CT molecular complexity index is 1090. The number of alkyl carbamates (subject to hydrolysis) is 1. The number of amides is 2. The van der Waals surface area contributed by atoms with E-state index < -0.39 is 18.0 Å². The summed E-state index contributed by atoms with van der Waals surface area (Å²) in [7, 11) is 0. The van der Waals surface area contributed by atoms with Gasteiger partial charge in [-0.25, -0.2) is 9.59 Å². The number of fused-ring (bicyclic) bond motifs is 3. The van der Waals surface area contributed by atoms with Gasteiger partial charge < -0.3 is 10.1 Å². The first kappa shape index (κ1) is 19.3. The Morgan fingerprint density at radius 2 is 1.47 bits per heavy atom. The predicted molar refractivity (Wildman–Crippen MR) is 111 cm³/mol. The highest BCUT2D eigenvalue weighted by molar-refractivity contribution is 5.90. The van der Waals surface area contributed by atoms with Crippen molar-refractivity contribution in [3.63, 3.8) is 0 Å². The maximum absolute atomic E-state index is 12.5. The van der Waals surface area contributed by atoms with Gasteiger partial charge in [-0.2, -0.15) is 0 Å². The molecule has 30 heavy (non-hydrogen) atoms. The van der Waals surface area contributed by atoms with Crippen molar-refractivity contribution in [3.8, 4) is 11.1 Å². The Labute approximate surface area is 173 Å². The fourth-order valence-electron chi connectivity index (χ4n) is 3.80. The SMILES string of the molecule is O=C=NC(=O)[C@@H](NC(=O)OCC1c2ccccc2-c2ccccc21)c1ccccc1. The Kier molecular flexibility index (Phi) is 5.50. The number of aliphatic imine (C=N–C) groups is 1. The van der Waals surface area contributed by atoms with Crippen LogP contribution >= 0.6 is 0 Å². The van der Waals surface area contributed by atoms with Crippen molar-refractivity contribution in [3.05, 3.63) is 95.6 Å². The fraction of sp³-hybridized carbons (Fsp3) is 0.125. The molecule has 2 amide bonds. The summed E-state index contributed by atoms with van der Waals surface area (Å²) >= 11 is 0. The second-order valence-electron chi connectivity index (χ2n) is 6.85. The summed E-state index contributed by atoms with van der Waals surface area (Å²) in [6, 6.07) is 23.4. The minimum absolute atomic E-state index is 0.0953. The van der Waals surface area contributed by atoms with Crippen molar-refractivity contribution in [1.29, 1.82) is 0 Å². The highest BCUT2D eigenvalue weighted by Crippen LogP contribution is 2.44. The molecule has 3 aromatic carbocycles. The van der Waals surface area contributed by atoms with E-state index in [-0.39, 0.29) is 12.5 Å². The average Bonchev–Trinajstić information content (AvgIpc) is 3.10. The molecule has 0 spiro atoms. The zero-order valence-corrected chi connectivity index (χ0v) is 15.9. The van der Waals surface area contributed by atoms with Crippen molar-refractivity contribution < 1.29 is 19.1 Å². The second-order valence-corrected chi connectivity index (χ2v) is 6.85. The van der Waals surface area contributed by atoms with Crippen molar-refractivity contribution in [2.24, 2.45) is 4.99 Å². The molecule has 1 aliphatic rings. The Morgan fingerprint density at radius 1 is 0.900 bits per heavy atom. The first-order valence-electron chi connectivity index (χ1n) is 9.47. The van der Waals surface area contributed by atoms with E-state index in [9.17, 15) is 14.4 Å². The van der Waals surface area contributed by atoms with Crippen LogP contribution in [0, 0.1) is 0 Å². The number of nitrogens with zero attached hydrogens (tertiary/aromatic N) is 1. The van der Waals surface area contributed by atoms with Crippen LogP contribution in [0.4, 0.5) is 4.79 Å². The number of nitrogens with one attached hydrogen (secondary N) is 1. The highest BCUT2D eigenvalue weighted by atomic mass is 16.5. The third-order valence-electron chi connectivity index (χ3n) is 5.14. The summed E-state index contributed by atoms with van der Waals surface area (Å²) in [4.78, 5) is 38.3. The monoisotopic (exact) mass is 398 g/mol. The van der Waals surface area contributed by atoms with Gasteiger partial charge in [0, 0.05) is 5.92 Å². The third-order valence-corrected chi connectivity index (χ3v) is 5.14. The van der Waals surface area contributed by atoms with Gasteiger partial charge in [0.05, 0.1) is 0 Å². The minimum Gasteiger partial charge on any atom is -0.449 e. The van der Waals surface area contributed by atoms with Crippen LogP contribution in [0.1, 0.15) is 28.7 Å². The van der Waals surface area contributed by atoms with Crippen LogP contribution < -0.4 is 5.32 Å². The van der Waals surface area contributed by atoms with E-state index in [1.165, 1.54) is 6.08 Å². The summed E-state index contributed by atoms with van der Waals surface area (Å²) in [5.74, 6) is -0.910. The molecule has 6 nitrogen and oxygen atoms in total. The number of hydrogen-bond acceptors (Lipinski definition) is 4. The lowest BCUT2D eigenvalue weighted by molar-refractivity contribution is -0.119. The summed E-state index contributed by atoms with van der Waals surface area (Å²) < 4.78 is 5.48. The van der Waals surface area contributed by atoms with E-state index in [4.69, 9.17) is 4.74 Å². The van der Waals surface area contributed by atoms with Gasteiger partial charge in [-0.1, -0.05) is 78.9 Å². The smallest absolute Gasteiger partial charge is 0.408 e. The predicted octanol–water partition coefficient (Wildman–Crippen LogP) is 4.13. The largest absolute Gasteiger partial charge is 0.449 e. The van der Waals surface area contributed by atoms with E-state index in [0.29, 0.717) is 5.56 Å². The molecule has 0 radical (unpaired) electrons. The number of ether oxygens (including phenoxy) is 1. The van der Waals surface area contributed by atoms with Crippen molar-refractivity contribution in [1.82, 2.24) is 5.32 Å². The molecule has 1 N–H and O–H groups in total. The first-order valence-corrected chi connectivity index (χ1v) is 9.47. The van der Waals surface area contributed by atoms with Crippen LogP contribution in [0.3, 0.4) is 0 Å². The Morgan fingerprint density at radius 3 is 2.07 bits per heavy atom. The van der Waals surface area contributed by atoms with Gasteiger partial charge in [-0.3, -0.25) is 4.79 Å². The highest BCUT2D eigenvalue weighted by Gasteiger charge is 2.30. The maximum Gasteiger partial charge on any atom is 0.408 e. The lowest BCUT2D eigenvalue weighted by Gasteiger charge is -2.18. The molecule has 1 aliphatic carbocycles. The average molecular weight is 398 g/mol. The summed E-state index contributed by atoms with van der Waals surface area (Å²) in [5, 5.41) is 2.51. The lowest BCUT2D eigenvalue weighted by atomic mass is 9.98. The van der Waals surface area contributed by atoms with Crippen LogP contribution in [0.25, 0.3) is 11.1 Å². The zero-order valence-electron chi connectivity index (χ0n) is 15.9. The molecule has 148 valence electrons. The molecule has 6 heteroatoms. The number of hydrogen-bond donors (Lipinski definition) is 1. The molecule has 1 atom stereocenters. The zero-order chi connectivity index (χ0) is 20.9. The molecule has 0 saturated heterocycles. The van der Waals surface area contributed by atoms with Gasteiger partial charge >= 0.3 is 6.09 Å². The quantitative estimate of drug-likeness (QED) is 0.517. The molecule has 0 unspecified atom stereocenters. The molecular formula is C24H18N2O4. The molecule has 0 aromatic heterocycles. The number of carbonyl (C=O) groups excluding carboxylic acids is 3. The molecule has 3 aromatic rings. The lowest BCUT2D eigenvalue weighted by Crippen LogP contribution is -2.34. The van der Waals surface area contributed by atoms with Crippen LogP contribution in [0.2, 0.25) is 0 Å². The summed E-state index contributed by atoms with van der Waals surface area (Å²) in [6.07, 6.45) is 0.459. The van der Waals surface area contributed by atoms with Gasteiger partial charge in [0.2, 0.25) is 6.08 Å². The first-order chi connectivity index (χ1) is 14.7. The van der Waals surface area contributed by atoms with Gasteiger partial charge in [-0.15, -0.1) is 4.99 Å². The number of isocyanates is 1. The number of benzene rings is 3. The summed E-state index contributed by atoms with van der Waals surface area (Å²) in [6.45, 7) is 0.118. The molecule has 0 fully saturated rings. The van der Waals surface area contributed by atoms with E-state index in [1.807, 2.05) is 36.4 Å². The Balaban J connectivity index is 1.50. The molecule has 4 rings (SSSR count). The Hall–Kier alpha value is -4.02. The standard InChI is InChI=1S/C24H18N2O4/c27-15-25-23(28)22(16-8-2-1-3-9-16)26-24(29)30-14-21-19-12-6-4-10-17(19)18-11-5-7-13-20(18)21/h1-13,21-22H,14H2,(H,26,29)/t22-/m0/s1. The second kappa shape index (κ2) is 8.55. The summed E-state index contributed by atoms with van der Waals surface area (Å²) in [5.41, 5.74) is 4.93. The van der Waals surface area contributed by atoms with Gasteiger partial charge in [0.25, 0.3) is 5.91 Å². The van der Waals surface area contributed by atoms with Crippen molar-refractivity contribution in [2.75, 3.05) is 6.61 Å². The minimum atomic E-state index is -1.12. The van der Waals surface area contributed by atoms with E-state index in [2.05, 4.69) is 22.4 Å². The maximum atomic E-state index is 12.5. The number of carbonyl (C=O) groups is 2. The van der Waals surface area contributed by atoms with Gasteiger partial charge in [-0.05, 0) is 27.8 Å². The van der Waals surface area contributed by atoms with Gasteiger partial charge in [0.15, 0.2) is 0 Å². The van der Waals surface area contributed by atoms with Crippen LogP contribution in [0.5, 0.6) is 0 Å². The van der Waals surface area contributed by atoms with E-state index in [1.54, 1.807) is 30.3 Å². The third kappa shape index (κ3) is 3.77. The van der Waals surface area contributed by atoms with E-state index in [0.717, 1.165) is 22.3 Å². The van der Waals surface area contributed by atoms with Crippen LogP contribution in [-0.2, 0) is 14.3 Å². The van der Waals surface area contributed by atoms with Crippen molar-refractivity contribution in [2.45, 2.75) is 12.0 Å². The molecule has 0 bridgehead atoms. The number of rotatable bonds is 5. The van der Waals surface area contributed by atoms with Crippen molar-refractivity contribution >= 4 is 18.1 Å². The van der Waals surface area contributed by atoms with E-state index >= 15 is 0 Å². The molecule has 0 aliphatic heterocycles. The molecular weight excluding hydrogens is 380 g/mol. The fourth-order valence-corrected chi connectivity index (χ4v) is 3.80. The normalized spacial score (nSPS) is 12.8. The van der Waals surface area contributed by atoms with Crippen LogP contribution in [0.15, 0.2) is 83.9 Å². The van der Waals surface area contributed by atoms with Gasteiger partial charge in [0.1, 0.15) is 12.6 Å². The molecule has 0 heterocycles. The topological polar surface area (TPSA) is 84.8 Å². The van der Waals surface area contributed by atoms with Crippen LogP contribution in [-0.4, -0.2) is 24.7 Å². The molecule has 0 saturated carbocycles.